The summed E-state index contributed by atoms with van der Waals surface area (Å²) in [6, 6.07) is -2.66. The fraction of sp³-hybridized carbons (Fsp3) is 1.00. The van der Waals surface area contributed by atoms with E-state index in [1.807, 2.05) is 0 Å². The highest BCUT2D eigenvalue weighted by Gasteiger charge is 2.34. The van der Waals surface area contributed by atoms with Crippen molar-refractivity contribution in [2.24, 2.45) is 0 Å². The van der Waals surface area contributed by atoms with Gasteiger partial charge in [0.15, 0.2) is 0 Å². The van der Waals surface area contributed by atoms with Crippen molar-refractivity contribution in [3.05, 3.63) is 0 Å². The average molecular weight is 324 g/mol. The molecule has 5 heteroatoms. The molecule has 16 heavy (non-hydrogen) atoms. The van der Waals surface area contributed by atoms with E-state index in [2.05, 4.69) is 6.92 Å². The van der Waals surface area contributed by atoms with Gasteiger partial charge in [-0.3, -0.25) is 0 Å². The predicted octanol–water partition coefficient (Wildman–Crippen LogP) is 6.32. The van der Waals surface area contributed by atoms with Crippen LogP contribution in [0.3, 0.4) is 0 Å². The van der Waals surface area contributed by atoms with Crippen molar-refractivity contribution in [3.63, 3.8) is 0 Å². The van der Waals surface area contributed by atoms with E-state index in [1.165, 1.54) is 44.9 Å². The summed E-state index contributed by atoms with van der Waals surface area (Å²) >= 11 is 23.5. The van der Waals surface area contributed by atoms with Gasteiger partial charge in [-0.05, 0) is 6.42 Å². The normalized spacial score (nSPS) is 14.1. The van der Waals surface area contributed by atoms with Crippen LogP contribution in [0.1, 0.15) is 64.7 Å². The van der Waals surface area contributed by atoms with E-state index in [-0.39, 0.29) is 5.00 Å². The minimum absolute atomic E-state index is 0.224. The van der Waals surface area contributed by atoms with Crippen LogP contribution in [0.2, 0.25) is 0 Å². The summed E-state index contributed by atoms with van der Waals surface area (Å²) < 4.78 is 0. The van der Waals surface area contributed by atoms with Crippen molar-refractivity contribution in [3.8, 4) is 0 Å². The Kier molecular flexibility index (Phi) is 11.2. The first-order valence-electron chi connectivity index (χ1n) is 6.19. The monoisotopic (exact) mass is 322 g/mol. The lowest BCUT2D eigenvalue weighted by molar-refractivity contribution is 0.570. The summed E-state index contributed by atoms with van der Waals surface area (Å²) in [6.07, 6.45) is 11.2. The van der Waals surface area contributed by atoms with Crippen molar-refractivity contribution in [2.75, 3.05) is 0 Å². The van der Waals surface area contributed by atoms with Crippen molar-refractivity contribution >= 4 is 50.8 Å². The molecule has 0 amide bonds. The Morgan fingerprint density at radius 2 is 1.25 bits per heavy atom. The number of rotatable bonds is 10. The molecule has 0 saturated heterocycles. The summed E-state index contributed by atoms with van der Waals surface area (Å²) in [5.41, 5.74) is 0. The molecule has 1 atom stereocenters. The van der Waals surface area contributed by atoms with E-state index in [1.54, 1.807) is 0 Å². The third-order valence-electron chi connectivity index (χ3n) is 2.67. The lowest BCUT2D eigenvalue weighted by Crippen LogP contribution is -2.25. The molecule has 0 N–H and O–H groups in total. The molecule has 0 radical (unpaired) electrons. The molecule has 0 rings (SSSR count). The largest absolute Gasteiger partial charge is 0.358 e. The zero-order valence-corrected chi connectivity index (χ0v) is 14.0. The van der Waals surface area contributed by atoms with Gasteiger partial charge in [-0.25, -0.2) is 0 Å². The summed E-state index contributed by atoms with van der Waals surface area (Å²) in [5, 5.41) is -0.224. The van der Waals surface area contributed by atoms with E-state index in [9.17, 15) is 0 Å². The molecule has 0 saturated carbocycles. The average Bonchev–Trinajstić information content (AvgIpc) is 2.20. The van der Waals surface area contributed by atoms with Gasteiger partial charge in [0.25, 0.3) is 0 Å². The van der Waals surface area contributed by atoms with Gasteiger partial charge in [0.05, 0.1) is 5.00 Å². The van der Waals surface area contributed by atoms with Crippen LogP contribution < -0.4 is 0 Å². The predicted molar refractivity (Wildman–Crippen MR) is 80.2 cm³/mol. The molecule has 0 bridgehead atoms. The van der Waals surface area contributed by atoms with Gasteiger partial charge >= 0.3 is 6.00 Å². The highest BCUT2D eigenvalue weighted by molar-refractivity contribution is 7.66. The molecule has 0 aromatic rings. The number of alkyl halides is 1. The molecule has 0 spiro atoms. The molecule has 0 aliphatic carbocycles. The molecule has 0 fully saturated rings. The maximum atomic E-state index is 6.00. The molecule has 0 nitrogen and oxygen atoms in total. The van der Waals surface area contributed by atoms with Crippen LogP contribution in [0.5, 0.6) is 0 Å². The second-order valence-electron chi connectivity index (χ2n) is 4.27. The third kappa shape index (κ3) is 10.5. The van der Waals surface area contributed by atoms with Crippen molar-refractivity contribution < 1.29 is 0 Å². The Hall–Kier alpha value is 1.38. The highest BCUT2D eigenvalue weighted by atomic mass is 35.8. The molecule has 0 aromatic carbocycles. The Labute approximate surface area is 120 Å². The molecule has 1 unspecified atom stereocenters. The van der Waals surface area contributed by atoms with Crippen LogP contribution in [0.15, 0.2) is 0 Å². The maximum absolute atomic E-state index is 6.00. The molecule has 0 aromatic heterocycles. The first-order valence-corrected chi connectivity index (χ1v) is 11.7. The second kappa shape index (κ2) is 10.3. The first-order chi connectivity index (χ1) is 7.48. The number of unbranched alkanes of at least 4 members (excludes halogenated alkanes) is 7. The van der Waals surface area contributed by atoms with Gasteiger partial charge < -0.3 is 0 Å². The molecule has 0 aliphatic heterocycles. The quantitative estimate of drug-likeness (QED) is 0.191. The van der Waals surface area contributed by atoms with Gasteiger partial charge in [0.2, 0.25) is 0 Å². The molecule has 98 valence electrons. The minimum atomic E-state index is -2.66. The summed E-state index contributed by atoms with van der Waals surface area (Å²) in [6.45, 7) is 2.24. The Morgan fingerprint density at radius 1 is 0.812 bits per heavy atom. The zero-order chi connectivity index (χ0) is 12.4. The first kappa shape index (κ1) is 17.4. The topological polar surface area (TPSA) is 0 Å². The summed E-state index contributed by atoms with van der Waals surface area (Å²) in [4.78, 5) is 0. The standard InChI is InChI=1S/C11H22Cl4Si/c1-2-3-4-5-6-7-8-9-10-11(12)16(13,14)15/h11H,2-10H2,1H3. The van der Waals surface area contributed by atoms with Gasteiger partial charge in [-0.2, -0.15) is 0 Å². The van der Waals surface area contributed by atoms with Crippen LogP contribution in [0.4, 0.5) is 0 Å². The Bertz CT molecular complexity index is 159. The fourth-order valence-corrected chi connectivity index (χ4v) is 3.29. The van der Waals surface area contributed by atoms with Crippen molar-refractivity contribution in [1.29, 1.82) is 0 Å². The lowest BCUT2D eigenvalue weighted by Gasteiger charge is -2.14. The van der Waals surface area contributed by atoms with E-state index < -0.39 is 6.00 Å². The number of hydrogen-bond donors (Lipinski definition) is 0. The van der Waals surface area contributed by atoms with Crippen LogP contribution in [0, 0.1) is 0 Å². The van der Waals surface area contributed by atoms with Crippen molar-refractivity contribution in [2.45, 2.75) is 69.7 Å². The molecule has 0 heterocycles. The van der Waals surface area contributed by atoms with Gasteiger partial charge in [0, 0.05) is 0 Å². The lowest BCUT2D eigenvalue weighted by atomic mass is 10.1. The van der Waals surface area contributed by atoms with Gasteiger partial charge in [-0.15, -0.1) is 44.8 Å². The van der Waals surface area contributed by atoms with E-state index in [0.717, 1.165) is 12.8 Å². The van der Waals surface area contributed by atoms with E-state index >= 15 is 0 Å². The maximum Gasteiger partial charge on any atom is 0.358 e. The van der Waals surface area contributed by atoms with Crippen LogP contribution in [-0.2, 0) is 0 Å². The number of halogens is 4. The SMILES string of the molecule is CCCCCCCCCCC(Cl)[Si](Cl)(Cl)Cl. The van der Waals surface area contributed by atoms with Gasteiger partial charge in [0.1, 0.15) is 0 Å². The number of hydrogen-bond acceptors (Lipinski definition) is 0. The van der Waals surface area contributed by atoms with Crippen LogP contribution in [0.25, 0.3) is 0 Å². The summed E-state index contributed by atoms with van der Waals surface area (Å²) in [5.74, 6) is 0. The smallest absolute Gasteiger partial charge is 0.125 e. The fourth-order valence-electron chi connectivity index (χ4n) is 1.62. The molecular weight excluding hydrogens is 302 g/mol. The molecular formula is C11H22Cl4Si. The Morgan fingerprint density at radius 3 is 1.69 bits per heavy atom. The van der Waals surface area contributed by atoms with Crippen LogP contribution >= 0.6 is 44.8 Å². The zero-order valence-electron chi connectivity index (χ0n) is 9.95. The van der Waals surface area contributed by atoms with Crippen molar-refractivity contribution in [1.82, 2.24) is 0 Å². The van der Waals surface area contributed by atoms with Gasteiger partial charge in [-0.1, -0.05) is 58.3 Å². The van der Waals surface area contributed by atoms with E-state index in [4.69, 9.17) is 44.8 Å². The molecule has 0 aliphatic rings. The Balaban J connectivity index is 3.21. The van der Waals surface area contributed by atoms with E-state index in [0.29, 0.717) is 0 Å². The van der Waals surface area contributed by atoms with Crippen LogP contribution in [-0.4, -0.2) is 11.0 Å². The summed E-state index contributed by atoms with van der Waals surface area (Å²) in [7, 11) is 0. The highest BCUT2D eigenvalue weighted by Crippen LogP contribution is 2.31. The minimum Gasteiger partial charge on any atom is -0.125 e. The second-order valence-corrected chi connectivity index (χ2v) is 14.1. The third-order valence-corrected chi connectivity index (χ3v) is 8.24.